The maximum Gasteiger partial charge on any atom is 0.228 e. The highest BCUT2D eigenvalue weighted by Crippen LogP contribution is 2.21. The zero-order valence-corrected chi connectivity index (χ0v) is 8.59. The Kier molecular flexibility index (Phi) is 3.49. The first-order chi connectivity index (χ1) is 5.77. The zero-order valence-electron chi connectivity index (χ0n) is 7.00. The topological polar surface area (TPSA) is 31.4 Å². The fourth-order valence-electron chi connectivity index (χ4n) is 0.833. The smallest absolute Gasteiger partial charge is 0.228 e. The lowest BCUT2D eigenvalue weighted by molar-refractivity contribution is 0.180. The van der Waals surface area contributed by atoms with Gasteiger partial charge in [0.15, 0.2) is 0 Å². The van der Waals surface area contributed by atoms with Crippen molar-refractivity contribution in [2.75, 3.05) is 14.2 Å². The maximum absolute atomic E-state index is 5.02. The molecule has 0 aliphatic carbocycles. The molecule has 0 aliphatic heterocycles. The molecule has 1 heterocycles. The molecule has 0 fully saturated rings. The Hall–Kier alpha value is -0.610. The van der Waals surface area contributed by atoms with Crippen LogP contribution in [0, 0.1) is 0 Å². The third-order valence-corrected chi connectivity index (χ3v) is 1.96. The fourth-order valence-corrected chi connectivity index (χ4v) is 1.22. The van der Waals surface area contributed by atoms with Crippen molar-refractivity contribution in [2.45, 2.75) is 6.61 Å². The van der Waals surface area contributed by atoms with Gasteiger partial charge in [-0.1, -0.05) is 0 Å². The minimum absolute atomic E-state index is 0.504. The molecule has 1 aromatic heterocycles. The summed E-state index contributed by atoms with van der Waals surface area (Å²) in [6, 6.07) is 3.77. The van der Waals surface area contributed by atoms with Gasteiger partial charge in [-0.25, -0.2) is 4.98 Å². The van der Waals surface area contributed by atoms with Gasteiger partial charge >= 0.3 is 0 Å². The van der Waals surface area contributed by atoms with Crippen LogP contribution in [0.3, 0.4) is 0 Å². The van der Waals surface area contributed by atoms with E-state index in [1.54, 1.807) is 14.2 Å². The van der Waals surface area contributed by atoms with Crippen LogP contribution in [-0.4, -0.2) is 19.2 Å². The molecule has 0 aliphatic rings. The molecule has 0 aromatic carbocycles. The van der Waals surface area contributed by atoms with E-state index in [9.17, 15) is 0 Å². The third-order valence-electron chi connectivity index (χ3n) is 1.36. The molecule has 1 aromatic rings. The van der Waals surface area contributed by atoms with Crippen LogP contribution in [0.1, 0.15) is 5.69 Å². The highest BCUT2D eigenvalue weighted by Gasteiger charge is 2.02. The summed E-state index contributed by atoms with van der Waals surface area (Å²) in [5, 5.41) is 0. The maximum atomic E-state index is 5.02. The standard InChI is InChI=1S/C8H10BrNO2/c1-11-5-6-3-4-7(9)8(10-6)12-2/h3-4H,5H2,1-2H3. The highest BCUT2D eigenvalue weighted by molar-refractivity contribution is 9.10. The molecule has 4 heteroatoms. The molecule has 0 spiro atoms. The van der Waals surface area contributed by atoms with E-state index in [1.807, 2.05) is 12.1 Å². The van der Waals surface area contributed by atoms with Gasteiger partial charge in [0.25, 0.3) is 0 Å². The number of aromatic nitrogens is 1. The molecule has 0 N–H and O–H groups in total. The average Bonchev–Trinajstić information content (AvgIpc) is 2.09. The number of hydrogen-bond donors (Lipinski definition) is 0. The minimum Gasteiger partial charge on any atom is -0.480 e. The van der Waals surface area contributed by atoms with Crippen LogP contribution in [0.15, 0.2) is 16.6 Å². The van der Waals surface area contributed by atoms with Gasteiger partial charge in [-0.3, -0.25) is 0 Å². The van der Waals surface area contributed by atoms with Gasteiger partial charge < -0.3 is 9.47 Å². The minimum atomic E-state index is 0.504. The first kappa shape index (κ1) is 9.48. The second kappa shape index (κ2) is 4.42. The van der Waals surface area contributed by atoms with Crippen molar-refractivity contribution in [3.05, 3.63) is 22.3 Å². The van der Waals surface area contributed by atoms with E-state index in [4.69, 9.17) is 9.47 Å². The van der Waals surface area contributed by atoms with E-state index in [0.29, 0.717) is 12.5 Å². The Balaban J connectivity index is 2.89. The summed E-state index contributed by atoms with van der Waals surface area (Å²) < 4.78 is 10.8. The summed E-state index contributed by atoms with van der Waals surface area (Å²) in [5.41, 5.74) is 0.859. The molecule has 0 unspecified atom stereocenters. The Morgan fingerprint density at radius 2 is 2.17 bits per heavy atom. The molecular formula is C8H10BrNO2. The third kappa shape index (κ3) is 2.19. The molecule has 1 rings (SSSR count). The van der Waals surface area contributed by atoms with E-state index < -0.39 is 0 Å². The second-order valence-electron chi connectivity index (χ2n) is 2.23. The van der Waals surface area contributed by atoms with Gasteiger partial charge in [-0.2, -0.15) is 0 Å². The van der Waals surface area contributed by atoms with Crippen molar-refractivity contribution in [3.8, 4) is 5.88 Å². The van der Waals surface area contributed by atoms with Crippen LogP contribution in [0.2, 0.25) is 0 Å². The van der Waals surface area contributed by atoms with Crippen LogP contribution in [0.5, 0.6) is 5.88 Å². The monoisotopic (exact) mass is 231 g/mol. The summed E-state index contributed by atoms with van der Waals surface area (Å²) in [6.07, 6.45) is 0. The molecular weight excluding hydrogens is 222 g/mol. The predicted molar refractivity (Wildman–Crippen MR) is 49.2 cm³/mol. The van der Waals surface area contributed by atoms with E-state index in [2.05, 4.69) is 20.9 Å². The summed E-state index contributed by atoms with van der Waals surface area (Å²) in [6.45, 7) is 0.504. The van der Waals surface area contributed by atoms with Gasteiger partial charge in [-0.15, -0.1) is 0 Å². The van der Waals surface area contributed by atoms with Gasteiger partial charge in [-0.05, 0) is 28.1 Å². The number of nitrogens with zero attached hydrogens (tertiary/aromatic N) is 1. The second-order valence-corrected chi connectivity index (χ2v) is 3.08. The Labute approximate surface area is 79.8 Å². The number of methoxy groups -OCH3 is 2. The average molecular weight is 232 g/mol. The van der Waals surface area contributed by atoms with Gasteiger partial charge in [0.1, 0.15) is 0 Å². The molecule has 0 bridgehead atoms. The largest absolute Gasteiger partial charge is 0.480 e. The molecule has 0 atom stereocenters. The Morgan fingerprint density at radius 3 is 2.75 bits per heavy atom. The van der Waals surface area contributed by atoms with Crippen molar-refractivity contribution in [1.29, 1.82) is 0 Å². The lowest BCUT2D eigenvalue weighted by atomic mass is 10.4. The molecule has 0 amide bonds. The predicted octanol–water partition coefficient (Wildman–Crippen LogP) is 2.00. The van der Waals surface area contributed by atoms with Crippen LogP contribution >= 0.6 is 15.9 Å². The van der Waals surface area contributed by atoms with Crippen molar-refractivity contribution in [2.24, 2.45) is 0 Å². The summed E-state index contributed by atoms with van der Waals surface area (Å²) in [5.74, 6) is 0.588. The van der Waals surface area contributed by atoms with Gasteiger partial charge in [0.2, 0.25) is 5.88 Å². The zero-order chi connectivity index (χ0) is 8.97. The molecule has 0 saturated heterocycles. The van der Waals surface area contributed by atoms with E-state index in [1.165, 1.54) is 0 Å². The normalized spacial score (nSPS) is 9.92. The van der Waals surface area contributed by atoms with Crippen molar-refractivity contribution >= 4 is 15.9 Å². The summed E-state index contributed by atoms with van der Waals surface area (Å²) in [7, 11) is 3.22. The van der Waals surface area contributed by atoms with Crippen molar-refractivity contribution < 1.29 is 9.47 Å². The van der Waals surface area contributed by atoms with Crippen molar-refractivity contribution in [3.63, 3.8) is 0 Å². The lowest BCUT2D eigenvalue weighted by Crippen LogP contribution is -1.95. The number of pyridine rings is 1. The number of hydrogen-bond acceptors (Lipinski definition) is 3. The van der Waals surface area contributed by atoms with Crippen LogP contribution in [0.25, 0.3) is 0 Å². The number of ether oxygens (including phenoxy) is 2. The van der Waals surface area contributed by atoms with E-state index in [-0.39, 0.29) is 0 Å². The number of halogens is 1. The Morgan fingerprint density at radius 1 is 1.42 bits per heavy atom. The molecule has 0 saturated carbocycles. The molecule has 12 heavy (non-hydrogen) atoms. The summed E-state index contributed by atoms with van der Waals surface area (Å²) >= 11 is 3.31. The molecule has 0 radical (unpaired) electrons. The van der Waals surface area contributed by atoms with Gasteiger partial charge in [0.05, 0.1) is 23.9 Å². The fraction of sp³-hybridized carbons (Fsp3) is 0.375. The Bertz CT molecular complexity index is 265. The van der Waals surface area contributed by atoms with Crippen LogP contribution < -0.4 is 4.74 Å². The SMILES string of the molecule is COCc1ccc(Br)c(OC)n1. The quantitative estimate of drug-likeness (QED) is 0.798. The van der Waals surface area contributed by atoms with E-state index in [0.717, 1.165) is 10.2 Å². The summed E-state index contributed by atoms with van der Waals surface area (Å²) in [4.78, 5) is 4.19. The molecule has 66 valence electrons. The van der Waals surface area contributed by atoms with Gasteiger partial charge in [0, 0.05) is 7.11 Å². The highest BCUT2D eigenvalue weighted by atomic mass is 79.9. The van der Waals surface area contributed by atoms with Crippen LogP contribution in [-0.2, 0) is 11.3 Å². The molecule has 3 nitrogen and oxygen atoms in total. The van der Waals surface area contributed by atoms with Crippen molar-refractivity contribution in [1.82, 2.24) is 4.98 Å². The first-order valence-corrected chi connectivity index (χ1v) is 4.25. The first-order valence-electron chi connectivity index (χ1n) is 3.46. The lowest BCUT2D eigenvalue weighted by Gasteiger charge is -2.04. The van der Waals surface area contributed by atoms with Crippen LogP contribution in [0.4, 0.5) is 0 Å². The van der Waals surface area contributed by atoms with E-state index >= 15 is 0 Å². The number of rotatable bonds is 3.